The zero-order valence-corrected chi connectivity index (χ0v) is 10.6. The number of nitrogens with one attached hydrogen (secondary N) is 2. The van der Waals surface area contributed by atoms with Crippen LogP contribution in [0.15, 0.2) is 0 Å². The molecule has 0 aliphatic carbocycles. The minimum atomic E-state index is -0.662. The highest BCUT2D eigenvalue weighted by Crippen LogP contribution is 2.17. The molecular weight excluding hydrogens is 220 g/mol. The minimum Gasteiger partial charge on any atom is -0.386 e. The fourth-order valence-electron chi connectivity index (χ4n) is 2.38. The standard InChI is InChI=1S/C12H24N2O3/c1-10(6-11-7-16-5-3-13-11)14-8-12(15)2-4-17-9-12/h10-11,13-15H,2-9H2,1H3. The Balaban J connectivity index is 1.64. The Hall–Kier alpha value is -0.200. The van der Waals surface area contributed by atoms with Gasteiger partial charge in [-0.25, -0.2) is 0 Å². The second-order valence-electron chi connectivity index (χ2n) is 5.27. The molecule has 5 heteroatoms. The van der Waals surface area contributed by atoms with Gasteiger partial charge in [-0.15, -0.1) is 0 Å². The van der Waals surface area contributed by atoms with Crippen LogP contribution in [0.1, 0.15) is 19.8 Å². The van der Waals surface area contributed by atoms with E-state index < -0.39 is 5.60 Å². The summed E-state index contributed by atoms with van der Waals surface area (Å²) < 4.78 is 10.6. The van der Waals surface area contributed by atoms with Crippen LogP contribution < -0.4 is 10.6 Å². The Morgan fingerprint density at radius 3 is 3.00 bits per heavy atom. The van der Waals surface area contributed by atoms with E-state index in [1.54, 1.807) is 0 Å². The van der Waals surface area contributed by atoms with E-state index in [9.17, 15) is 5.11 Å². The lowest BCUT2D eigenvalue weighted by molar-refractivity contribution is 0.0235. The zero-order chi connectivity index (χ0) is 12.1. The first-order valence-electron chi connectivity index (χ1n) is 6.53. The van der Waals surface area contributed by atoms with Crippen LogP contribution in [-0.4, -0.2) is 62.3 Å². The number of rotatable bonds is 5. The van der Waals surface area contributed by atoms with E-state index in [0.29, 0.717) is 31.8 Å². The van der Waals surface area contributed by atoms with Crippen LogP contribution in [-0.2, 0) is 9.47 Å². The van der Waals surface area contributed by atoms with E-state index >= 15 is 0 Å². The molecule has 17 heavy (non-hydrogen) atoms. The fourth-order valence-corrected chi connectivity index (χ4v) is 2.38. The highest BCUT2D eigenvalue weighted by Gasteiger charge is 2.32. The van der Waals surface area contributed by atoms with Crippen LogP contribution in [0.4, 0.5) is 0 Å². The molecule has 2 heterocycles. The van der Waals surface area contributed by atoms with Crippen molar-refractivity contribution in [3.05, 3.63) is 0 Å². The summed E-state index contributed by atoms with van der Waals surface area (Å²) in [7, 11) is 0. The van der Waals surface area contributed by atoms with Crippen molar-refractivity contribution in [1.82, 2.24) is 10.6 Å². The molecule has 3 unspecified atom stereocenters. The average molecular weight is 244 g/mol. The molecule has 0 saturated carbocycles. The van der Waals surface area contributed by atoms with Gasteiger partial charge in [0.2, 0.25) is 0 Å². The van der Waals surface area contributed by atoms with Gasteiger partial charge in [-0.3, -0.25) is 0 Å². The molecule has 0 amide bonds. The van der Waals surface area contributed by atoms with Crippen LogP contribution in [0.2, 0.25) is 0 Å². The predicted molar refractivity (Wildman–Crippen MR) is 65.1 cm³/mol. The maximum atomic E-state index is 10.1. The zero-order valence-electron chi connectivity index (χ0n) is 10.6. The Kier molecular flexibility index (Phi) is 4.76. The molecule has 2 aliphatic heterocycles. The van der Waals surface area contributed by atoms with Gasteiger partial charge < -0.3 is 25.2 Å². The average Bonchev–Trinajstić information content (AvgIpc) is 2.76. The monoisotopic (exact) mass is 244 g/mol. The van der Waals surface area contributed by atoms with Crippen LogP contribution >= 0.6 is 0 Å². The van der Waals surface area contributed by atoms with Crippen molar-refractivity contribution in [2.24, 2.45) is 0 Å². The van der Waals surface area contributed by atoms with Crippen LogP contribution in [0.25, 0.3) is 0 Å². The second-order valence-corrected chi connectivity index (χ2v) is 5.27. The van der Waals surface area contributed by atoms with E-state index in [2.05, 4.69) is 17.6 Å². The second kappa shape index (κ2) is 6.11. The summed E-state index contributed by atoms with van der Waals surface area (Å²) in [6.07, 6.45) is 1.76. The molecule has 0 aromatic carbocycles. The summed E-state index contributed by atoms with van der Waals surface area (Å²) in [6, 6.07) is 0.805. The van der Waals surface area contributed by atoms with Crippen LogP contribution in [0, 0.1) is 0 Å². The molecule has 2 saturated heterocycles. The van der Waals surface area contributed by atoms with Crippen molar-refractivity contribution < 1.29 is 14.6 Å². The van der Waals surface area contributed by atoms with Gasteiger partial charge in [0.25, 0.3) is 0 Å². The molecule has 0 spiro atoms. The first kappa shape index (κ1) is 13.2. The molecule has 5 nitrogen and oxygen atoms in total. The summed E-state index contributed by atoms with van der Waals surface area (Å²) in [4.78, 5) is 0. The predicted octanol–water partition coefficient (Wildman–Crippen LogP) is -0.506. The Morgan fingerprint density at radius 1 is 1.47 bits per heavy atom. The summed E-state index contributed by atoms with van der Waals surface area (Å²) in [6.45, 7) is 6.43. The quantitative estimate of drug-likeness (QED) is 0.608. The molecular formula is C12H24N2O3. The normalized spacial score (nSPS) is 36.0. The first-order valence-corrected chi connectivity index (χ1v) is 6.53. The topological polar surface area (TPSA) is 62.8 Å². The lowest BCUT2D eigenvalue weighted by Crippen LogP contribution is -2.48. The van der Waals surface area contributed by atoms with Crippen molar-refractivity contribution in [3.8, 4) is 0 Å². The van der Waals surface area contributed by atoms with Crippen molar-refractivity contribution in [2.75, 3.05) is 39.5 Å². The molecule has 0 aromatic rings. The number of aliphatic hydroxyl groups is 1. The van der Waals surface area contributed by atoms with Gasteiger partial charge in [0.1, 0.15) is 5.60 Å². The SMILES string of the molecule is CC(CC1COCCN1)NCC1(O)CCOC1. The van der Waals surface area contributed by atoms with Crippen molar-refractivity contribution in [3.63, 3.8) is 0 Å². The maximum Gasteiger partial charge on any atom is 0.102 e. The third-order valence-corrected chi connectivity index (χ3v) is 3.50. The number of morpholine rings is 1. The lowest BCUT2D eigenvalue weighted by Gasteiger charge is -2.28. The van der Waals surface area contributed by atoms with Crippen molar-refractivity contribution in [1.29, 1.82) is 0 Å². The van der Waals surface area contributed by atoms with E-state index in [4.69, 9.17) is 9.47 Å². The molecule has 2 fully saturated rings. The van der Waals surface area contributed by atoms with Crippen molar-refractivity contribution in [2.45, 2.75) is 37.5 Å². The van der Waals surface area contributed by atoms with Crippen LogP contribution in [0.5, 0.6) is 0 Å². The lowest BCUT2D eigenvalue weighted by atomic mass is 10.0. The number of ether oxygens (including phenoxy) is 2. The molecule has 0 radical (unpaired) electrons. The molecule has 100 valence electrons. The van der Waals surface area contributed by atoms with Crippen molar-refractivity contribution >= 4 is 0 Å². The Labute approximate surface area is 103 Å². The third kappa shape index (κ3) is 4.19. The van der Waals surface area contributed by atoms with Gasteiger partial charge >= 0.3 is 0 Å². The van der Waals surface area contributed by atoms with Gasteiger partial charge in [-0.05, 0) is 13.3 Å². The fraction of sp³-hybridized carbons (Fsp3) is 1.00. The van der Waals surface area contributed by atoms with Crippen LogP contribution in [0.3, 0.4) is 0 Å². The molecule has 2 aliphatic rings. The van der Waals surface area contributed by atoms with E-state index in [-0.39, 0.29) is 0 Å². The largest absolute Gasteiger partial charge is 0.386 e. The van der Waals surface area contributed by atoms with Gasteiger partial charge in [-0.2, -0.15) is 0 Å². The summed E-state index contributed by atoms with van der Waals surface area (Å²) in [5.41, 5.74) is -0.662. The molecule has 3 atom stereocenters. The Bertz CT molecular complexity index is 226. The minimum absolute atomic E-state index is 0.374. The maximum absolute atomic E-state index is 10.1. The Morgan fingerprint density at radius 2 is 2.35 bits per heavy atom. The molecule has 3 N–H and O–H groups in total. The van der Waals surface area contributed by atoms with Gasteiger partial charge in [-0.1, -0.05) is 0 Å². The molecule has 2 rings (SSSR count). The number of hydrogen-bond acceptors (Lipinski definition) is 5. The highest BCUT2D eigenvalue weighted by molar-refractivity contribution is 4.86. The smallest absolute Gasteiger partial charge is 0.102 e. The van der Waals surface area contributed by atoms with Gasteiger partial charge in [0, 0.05) is 38.2 Å². The third-order valence-electron chi connectivity index (χ3n) is 3.50. The molecule has 0 aromatic heterocycles. The summed E-state index contributed by atoms with van der Waals surface area (Å²) in [5, 5.41) is 16.9. The van der Waals surface area contributed by atoms with E-state index in [0.717, 1.165) is 32.6 Å². The summed E-state index contributed by atoms with van der Waals surface area (Å²) in [5.74, 6) is 0. The number of hydrogen-bond donors (Lipinski definition) is 3. The highest BCUT2D eigenvalue weighted by atomic mass is 16.5. The molecule has 0 bridgehead atoms. The first-order chi connectivity index (χ1) is 8.18. The van der Waals surface area contributed by atoms with E-state index in [1.807, 2.05) is 0 Å². The summed E-state index contributed by atoms with van der Waals surface area (Å²) >= 11 is 0. The van der Waals surface area contributed by atoms with E-state index in [1.165, 1.54) is 0 Å². The van der Waals surface area contributed by atoms with Gasteiger partial charge in [0.15, 0.2) is 0 Å². The van der Waals surface area contributed by atoms with Gasteiger partial charge in [0.05, 0.1) is 19.8 Å².